The smallest absolute Gasteiger partial charge is 0.335 e. The van der Waals surface area contributed by atoms with E-state index in [0.29, 0.717) is 25.5 Å². The molecule has 3 rings (SSSR count). The summed E-state index contributed by atoms with van der Waals surface area (Å²) in [7, 11) is 0. The maximum absolute atomic E-state index is 12.8. The molecule has 0 atom stereocenters. The van der Waals surface area contributed by atoms with E-state index >= 15 is 0 Å². The van der Waals surface area contributed by atoms with Crippen LogP contribution >= 0.6 is 0 Å². The Morgan fingerprint density at radius 3 is 2.81 bits per heavy atom. The number of halogens is 2. The number of carbonyl (C=O) groups is 1. The van der Waals surface area contributed by atoms with Gasteiger partial charge in [0, 0.05) is 25.5 Å². The topological polar surface area (TPSA) is 58.4 Å². The minimum Gasteiger partial charge on any atom is -0.478 e. The molecular formula is C14H13F2N3O2. The summed E-state index contributed by atoms with van der Waals surface area (Å²) >= 11 is 0. The average molecular weight is 293 g/mol. The van der Waals surface area contributed by atoms with Crippen molar-refractivity contribution in [1.82, 2.24) is 14.5 Å². The predicted octanol–water partition coefficient (Wildman–Crippen LogP) is 2.49. The van der Waals surface area contributed by atoms with Crippen molar-refractivity contribution in [3.05, 3.63) is 53.1 Å². The van der Waals surface area contributed by atoms with Crippen LogP contribution in [0.2, 0.25) is 0 Å². The Balaban J connectivity index is 1.76. The summed E-state index contributed by atoms with van der Waals surface area (Å²) in [6, 6.07) is 4.97. The third kappa shape index (κ3) is 2.64. The van der Waals surface area contributed by atoms with Crippen molar-refractivity contribution in [2.75, 3.05) is 0 Å². The van der Waals surface area contributed by atoms with Crippen LogP contribution in [0.15, 0.2) is 30.6 Å². The van der Waals surface area contributed by atoms with Crippen LogP contribution in [-0.4, -0.2) is 25.5 Å². The van der Waals surface area contributed by atoms with Gasteiger partial charge in [-0.05, 0) is 23.3 Å². The second kappa shape index (κ2) is 5.25. The van der Waals surface area contributed by atoms with Gasteiger partial charge in [-0.25, -0.2) is 9.78 Å². The van der Waals surface area contributed by atoms with Gasteiger partial charge in [0.25, 0.3) is 0 Å². The van der Waals surface area contributed by atoms with Gasteiger partial charge in [0.1, 0.15) is 5.82 Å². The molecule has 1 aliphatic rings. The van der Waals surface area contributed by atoms with Crippen molar-refractivity contribution < 1.29 is 18.7 Å². The lowest BCUT2D eigenvalue weighted by molar-refractivity contribution is 0.0636. The molecule has 0 unspecified atom stereocenters. The summed E-state index contributed by atoms with van der Waals surface area (Å²) in [5, 5.41) is 8.98. The van der Waals surface area contributed by atoms with Crippen LogP contribution in [0, 0.1) is 0 Å². The molecule has 0 saturated carbocycles. The first-order valence-electron chi connectivity index (χ1n) is 6.42. The third-order valence-electron chi connectivity index (χ3n) is 3.57. The van der Waals surface area contributed by atoms with E-state index in [1.165, 1.54) is 12.4 Å². The summed E-state index contributed by atoms with van der Waals surface area (Å²) in [6.45, 7) is -1.17. The van der Waals surface area contributed by atoms with E-state index in [4.69, 9.17) is 5.11 Å². The first-order valence-corrected chi connectivity index (χ1v) is 6.42. The highest BCUT2D eigenvalue weighted by Crippen LogP contribution is 2.26. The molecule has 1 aromatic heterocycles. The Bertz CT molecular complexity index is 685. The van der Waals surface area contributed by atoms with Crippen LogP contribution in [0.4, 0.5) is 8.78 Å². The number of benzene rings is 1. The molecule has 0 aliphatic carbocycles. The molecule has 110 valence electrons. The lowest BCUT2D eigenvalue weighted by atomic mass is 10.1. The zero-order chi connectivity index (χ0) is 15.0. The van der Waals surface area contributed by atoms with Crippen LogP contribution < -0.4 is 0 Å². The number of hydrogen-bond acceptors (Lipinski definition) is 3. The third-order valence-corrected chi connectivity index (χ3v) is 3.57. The largest absolute Gasteiger partial charge is 0.478 e. The maximum Gasteiger partial charge on any atom is 0.335 e. The van der Waals surface area contributed by atoms with Crippen LogP contribution in [0.25, 0.3) is 0 Å². The average Bonchev–Trinajstić information content (AvgIpc) is 3.03. The molecule has 0 fully saturated rings. The van der Waals surface area contributed by atoms with E-state index in [-0.39, 0.29) is 5.56 Å². The lowest BCUT2D eigenvalue weighted by Gasteiger charge is -2.15. The molecule has 1 aromatic carbocycles. The molecule has 2 aromatic rings. The lowest BCUT2D eigenvalue weighted by Crippen LogP contribution is -2.19. The Morgan fingerprint density at radius 1 is 1.33 bits per heavy atom. The highest BCUT2D eigenvalue weighted by molar-refractivity contribution is 5.87. The minimum atomic E-state index is -2.61. The molecule has 1 aliphatic heterocycles. The summed E-state index contributed by atoms with van der Waals surface area (Å²) in [5.41, 5.74) is 2.19. The zero-order valence-electron chi connectivity index (χ0n) is 11.0. The second-order valence-corrected chi connectivity index (χ2v) is 4.96. The van der Waals surface area contributed by atoms with Gasteiger partial charge < -0.3 is 5.11 Å². The fraction of sp³-hybridized carbons (Fsp3) is 0.286. The van der Waals surface area contributed by atoms with Gasteiger partial charge in [0.15, 0.2) is 0 Å². The van der Waals surface area contributed by atoms with Gasteiger partial charge >= 0.3 is 12.5 Å². The molecule has 0 bridgehead atoms. The Labute approximate surface area is 119 Å². The predicted molar refractivity (Wildman–Crippen MR) is 69.8 cm³/mol. The summed E-state index contributed by atoms with van der Waals surface area (Å²) in [5.74, 6) is -0.666. The highest BCUT2D eigenvalue weighted by Gasteiger charge is 2.22. The summed E-state index contributed by atoms with van der Waals surface area (Å²) in [6.07, 6.45) is 2.61. The number of carboxylic acids is 1. The monoisotopic (exact) mass is 293 g/mol. The van der Waals surface area contributed by atoms with E-state index in [9.17, 15) is 13.6 Å². The molecule has 0 spiro atoms. The van der Waals surface area contributed by atoms with E-state index in [0.717, 1.165) is 15.7 Å². The Morgan fingerprint density at radius 2 is 2.10 bits per heavy atom. The fourth-order valence-corrected chi connectivity index (χ4v) is 2.55. The Hall–Kier alpha value is -2.28. The first kappa shape index (κ1) is 13.7. The Kier molecular flexibility index (Phi) is 3.42. The van der Waals surface area contributed by atoms with Crippen LogP contribution in [-0.2, 0) is 19.6 Å². The maximum atomic E-state index is 12.8. The van der Waals surface area contributed by atoms with E-state index in [1.807, 2.05) is 4.90 Å². The van der Waals surface area contributed by atoms with Gasteiger partial charge in [-0.15, -0.1) is 0 Å². The summed E-state index contributed by atoms with van der Waals surface area (Å²) < 4.78 is 26.4. The molecule has 1 N–H and O–H groups in total. The van der Waals surface area contributed by atoms with Gasteiger partial charge in [-0.1, -0.05) is 6.07 Å². The molecule has 0 saturated heterocycles. The number of alkyl halides is 2. The number of aromatic nitrogens is 2. The number of hydrogen-bond donors (Lipinski definition) is 1. The van der Waals surface area contributed by atoms with Crippen molar-refractivity contribution in [2.24, 2.45) is 0 Å². The van der Waals surface area contributed by atoms with Crippen LogP contribution in [0.1, 0.15) is 33.9 Å². The second-order valence-electron chi connectivity index (χ2n) is 4.96. The molecule has 2 heterocycles. The van der Waals surface area contributed by atoms with Crippen molar-refractivity contribution in [1.29, 1.82) is 0 Å². The van der Waals surface area contributed by atoms with E-state index in [2.05, 4.69) is 4.98 Å². The number of imidazole rings is 1. The fourth-order valence-electron chi connectivity index (χ4n) is 2.55. The quantitative estimate of drug-likeness (QED) is 0.941. The van der Waals surface area contributed by atoms with Gasteiger partial charge in [0.05, 0.1) is 12.1 Å². The standard InChI is InChI=1S/C14H13F2N3O2/c15-14(16)19-4-3-17-12(19)8-18-6-10-2-1-9(13(20)21)5-11(10)7-18/h1-5,14H,6-8H2,(H,20,21). The SMILES string of the molecule is O=C(O)c1ccc2c(c1)CN(Cc1nccn1C(F)F)C2. The molecule has 0 radical (unpaired) electrons. The number of aromatic carboxylic acids is 1. The molecule has 5 nitrogen and oxygen atoms in total. The number of rotatable bonds is 4. The molecule has 0 amide bonds. The molecular weight excluding hydrogens is 280 g/mol. The van der Waals surface area contributed by atoms with Gasteiger partial charge in [-0.3, -0.25) is 9.47 Å². The van der Waals surface area contributed by atoms with Crippen molar-refractivity contribution in [3.63, 3.8) is 0 Å². The number of fused-ring (bicyclic) bond motifs is 1. The summed E-state index contributed by atoms with van der Waals surface area (Å²) in [4.78, 5) is 16.9. The number of carboxylic acid groups (broad SMARTS) is 1. The van der Waals surface area contributed by atoms with Crippen LogP contribution in [0.3, 0.4) is 0 Å². The van der Waals surface area contributed by atoms with Crippen molar-refractivity contribution in [3.8, 4) is 0 Å². The van der Waals surface area contributed by atoms with Crippen LogP contribution in [0.5, 0.6) is 0 Å². The highest BCUT2D eigenvalue weighted by atomic mass is 19.3. The molecule has 21 heavy (non-hydrogen) atoms. The van der Waals surface area contributed by atoms with E-state index < -0.39 is 12.5 Å². The molecule has 7 heteroatoms. The zero-order valence-corrected chi connectivity index (χ0v) is 11.0. The van der Waals surface area contributed by atoms with Crippen molar-refractivity contribution in [2.45, 2.75) is 26.2 Å². The number of nitrogens with zero attached hydrogens (tertiary/aromatic N) is 3. The normalized spacial score (nSPS) is 14.6. The minimum absolute atomic E-state index is 0.240. The van der Waals surface area contributed by atoms with Gasteiger partial charge in [-0.2, -0.15) is 8.78 Å². The van der Waals surface area contributed by atoms with E-state index in [1.54, 1.807) is 18.2 Å². The van der Waals surface area contributed by atoms with Gasteiger partial charge in [0.2, 0.25) is 0 Å². The van der Waals surface area contributed by atoms with Crippen molar-refractivity contribution >= 4 is 5.97 Å². The first-order chi connectivity index (χ1) is 10.0.